The number of rotatable bonds is 5. The van der Waals surface area contributed by atoms with E-state index in [2.05, 4.69) is 47.8 Å². The van der Waals surface area contributed by atoms with Gasteiger partial charge in [-0.3, -0.25) is 14.8 Å². The van der Waals surface area contributed by atoms with Gasteiger partial charge in [0.15, 0.2) is 5.82 Å². The minimum atomic E-state index is -0.833. The first-order valence-corrected chi connectivity index (χ1v) is 10.6. The summed E-state index contributed by atoms with van der Waals surface area (Å²) in [5.41, 5.74) is 4.34. The zero-order chi connectivity index (χ0) is 22.5. The van der Waals surface area contributed by atoms with Crippen molar-refractivity contribution in [3.8, 4) is 11.5 Å². The van der Waals surface area contributed by atoms with E-state index < -0.39 is 5.97 Å². The fourth-order valence-corrected chi connectivity index (χ4v) is 3.42. The maximum Gasteiger partial charge on any atom is 0.319 e. The third-order valence-corrected chi connectivity index (χ3v) is 5.09. The molecule has 5 N–H and O–H groups in total. The Labute approximate surface area is 184 Å². The van der Waals surface area contributed by atoms with Gasteiger partial charge in [0.2, 0.25) is 0 Å². The van der Waals surface area contributed by atoms with Gasteiger partial charge in [0.1, 0.15) is 5.69 Å². The van der Waals surface area contributed by atoms with Crippen LogP contribution in [0, 0.1) is 0 Å². The summed E-state index contributed by atoms with van der Waals surface area (Å²) in [5.74, 6) is -0.183. The summed E-state index contributed by atoms with van der Waals surface area (Å²) in [6, 6.07) is 6.34. The quantitative estimate of drug-likeness (QED) is 0.407. The number of ether oxygens (including phenoxy) is 1. The molecule has 11 nitrogen and oxygen atoms in total. The third-order valence-electron chi connectivity index (χ3n) is 5.09. The molecule has 0 atom stereocenters. The molecule has 2 aromatic heterocycles. The topological polar surface area (TPSA) is 148 Å². The van der Waals surface area contributed by atoms with Crippen LogP contribution in [-0.2, 0) is 16.1 Å². The van der Waals surface area contributed by atoms with Crippen LogP contribution < -0.4 is 10.6 Å². The highest BCUT2D eigenvalue weighted by molar-refractivity contribution is 5.93. The number of carbonyl (C=O) groups is 2. The lowest BCUT2D eigenvalue weighted by Gasteiger charge is -2.26. The number of benzene rings is 1. The van der Waals surface area contributed by atoms with Gasteiger partial charge in [0.05, 0.1) is 36.1 Å². The maximum atomic E-state index is 12.0. The number of aliphatic carboxylic acids is 1. The second kappa shape index (κ2) is 9.79. The monoisotopic (exact) mass is 441 g/mol. The van der Waals surface area contributed by atoms with Crippen LogP contribution in [0.2, 0.25) is 0 Å². The van der Waals surface area contributed by atoms with E-state index >= 15 is 0 Å². The van der Waals surface area contributed by atoms with E-state index in [1.807, 2.05) is 6.07 Å². The zero-order valence-electron chi connectivity index (χ0n) is 17.9. The van der Waals surface area contributed by atoms with Gasteiger partial charge >= 0.3 is 6.03 Å². The number of carboxylic acids is 1. The Bertz CT molecular complexity index is 1080. The van der Waals surface area contributed by atoms with Crippen LogP contribution in [0.4, 0.5) is 10.5 Å². The van der Waals surface area contributed by atoms with Crippen LogP contribution in [0.1, 0.15) is 25.3 Å². The summed E-state index contributed by atoms with van der Waals surface area (Å²) >= 11 is 0. The average Bonchev–Trinajstić information content (AvgIpc) is 3.27. The second-order valence-electron chi connectivity index (χ2n) is 7.88. The van der Waals surface area contributed by atoms with Crippen molar-refractivity contribution in [1.29, 1.82) is 0 Å². The molecule has 1 aliphatic carbocycles. The van der Waals surface area contributed by atoms with Gasteiger partial charge in [-0.2, -0.15) is 5.10 Å². The van der Waals surface area contributed by atoms with Crippen molar-refractivity contribution in [3.63, 3.8) is 0 Å². The molecule has 1 aromatic carbocycles. The first kappa shape index (κ1) is 21.8. The van der Waals surface area contributed by atoms with E-state index in [-0.39, 0.29) is 6.03 Å². The maximum absolute atomic E-state index is 12.0. The summed E-state index contributed by atoms with van der Waals surface area (Å²) in [7, 11) is 0. The smallest absolute Gasteiger partial charge is 0.319 e. The predicted molar refractivity (Wildman–Crippen MR) is 118 cm³/mol. The van der Waals surface area contributed by atoms with Crippen molar-refractivity contribution in [2.75, 3.05) is 31.6 Å². The highest BCUT2D eigenvalue weighted by Gasteiger charge is 2.24. The van der Waals surface area contributed by atoms with Crippen molar-refractivity contribution < 1.29 is 19.4 Å². The molecule has 3 heterocycles. The zero-order valence-corrected chi connectivity index (χ0v) is 17.9. The largest absolute Gasteiger partial charge is 0.481 e. The fraction of sp³-hybridized carbons (Fsp3) is 0.429. The summed E-state index contributed by atoms with van der Waals surface area (Å²) in [4.78, 5) is 31.4. The summed E-state index contributed by atoms with van der Waals surface area (Å²) in [6.45, 7) is 5.48. The molecule has 0 bridgehead atoms. The molecule has 32 heavy (non-hydrogen) atoms. The van der Waals surface area contributed by atoms with Gasteiger partial charge in [-0.05, 0) is 30.5 Å². The first-order chi connectivity index (χ1) is 15.5. The molecular formula is C21H27N7O4. The molecule has 0 unspecified atom stereocenters. The second-order valence-corrected chi connectivity index (χ2v) is 7.88. The Morgan fingerprint density at radius 2 is 2.03 bits per heavy atom. The molecule has 11 heteroatoms. The number of nitrogens with one attached hydrogen (secondary N) is 4. The average molecular weight is 441 g/mol. The van der Waals surface area contributed by atoms with Crippen molar-refractivity contribution in [2.24, 2.45) is 0 Å². The molecule has 2 aliphatic rings. The van der Waals surface area contributed by atoms with E-state index in [1.54, 1.807) is 6.20 Å². The number of H-pyrrole nitrogens is 2. The van der Waals surface area contributed by atoms with Crippen LogP contribution >= 0.6 is 0 Å². The number of nitrogens with zero attached hydrogens (tertiary/aromatic N) is 3. The molecule has 0 radical (unpaired) electrons. The number of hydrogen-bond acceptors (Lipinski definition) is 6. The molecular weight excluding hydrogens is 414 g/mol. The van der Waals surface area contributed by atoms with Crippen LogP contribution in [0.15, 0.2) is 24.4 Å². The van der Waals surface area contributed by atoms with Crippen molar-refractivity contribution in [3.05, 3.63) is 30.0 Å². The number of hydrogen-bond donors (Lipinski definition) is 5. The fourth-order valence-electron chi connectivity index (χ4n) is 3.42. The molecule has 170 valence electrons. The lowest BCUT2D eigenvalue weighted by Crippen LogP contribution is -2.35. The van der Waals surface area contributed by atoms with E-state index in [0.717, 1.165) is 63.6 Å². The minimum absolute atomic E-state index is 0.214. The van der Waals surface area contributed by atoms with E-state index in [9.17, 15) is 4.79 Å². The molecule has 2 fully saturated rings. The third kappa shape index (κ3) is 5.83. The minimum Gasteiger partial charge on any atom is -0.481 e. The number of amides is 2. The molecule has 5 rings (SSSR count). The van der Waals surface area contributed by atoms with Gasteiger partial charge in [0.25, 0.3) is 5.97 Å². The Morgan fingerprint density at radius 1 is 1.28 bits per heavy atom. The predicted octanol–water partition coefficient (Wildman–Crippen LogP) is 2.16. The highest BCUT2D eigenvalue weighted by atomic mass is 16.5. The Morgan fingerprint density at radius 3 is 2.75 bits per heavy atom. The lowest BCUT2D eigenvalue weighted by atomic mass is 10.2. The Balaban J connectivity index is 0.000000567. The summed E-state index contributed by atoms with van der Waals surface area (Å²) in [6.07, 6.45) is 3.68. The van der Waals surface area contributed by atoms with Gasteiger partial charge in [-0.25, -0.2) is 9.78 Å². The molecule has 1 aliphatic heterocycles. The number of anilines is 1. The van der Waals surface area contributed by atoms with Crippen molar-refractivity contribution in [1.82, 2.24) is 30.4 Å². The number of urea groups is 1. The van der Waals surface area contributed by atoms with Crippen LogP contribution in [0.25, 0.3) is 22.6 Å². The number of carbonyl (C=O) groups excluding carboxylic acids is 1. The van der Waals surface area contributed by atoms with Gasteiger partial charge in [-0.1, -0.05) is 6.07 Å². The number of aromatic amines is 2. The van der Waals surface area contributed by atoms with Crippen molar-refractivity contribution in [2.45, 2.75) is 32.4 Å². The number of fused-ring (bicyclic) bond motifs is 1. The normalized spacial score (nSPS) is 16.3. The van der Waals surface area contributed by atoms with Crippen LogP contribution in [0.3, 0.4) is 0 Å². The number of carboxylic acid groups (broad SMARTS) is 1. The summed E-state index contributed by atoms with van der Waals surface area (Å²) < 4.78 is 5.41. The number of aromatic nitrogens is 4. The first-order valence-electron chi connectivity index (χ1n) is 10.6. The van der Waals surface area contributed by atoms with Crippen LogP contribution in [0.5, 0.6) is 0 Å². The van der Waals surface area contributed by atoms with Gasteiger partial charge < -0.3 is 25.5 Å². The van der Waals surface area contributed by atoms with Gasteiger partial charge in [-0.15, -0.1) is 0 Å². The molecule has 2 amide bonds. The molecule has 1 saturated heterocycles. The Kier molecular flexibility index (Phi) is 6.66. The number of morpholine rings is 1. The molecule has 0 spiro atoms. The standard InChI is InChI=1S/C19H23N7O2.C2H4O2/c27-19(21-13-2-3-13)24-16-10-20-25-17(16)18-22-14-4-1-12(9-15(14)23-18)11-26-5-7-28-8-6-26;1-2(3)4/h1,4,9-10,13H,2-3,5-8,11H2,(H,20,25)(H,22,23)(H2,21,24,27);1H3,(H,3,4). The van der Waals surface area contributed by atoms with E-state index in [4.69, 9.17) is 14.6 Å². The molecule has 3 aromatic rings. The SMILES string of the molecule is CC(=O)O.O=C(Nc1cn[nH]c1-c1nc2ccc(CN3CCOCC3)cc2[nH]1)NC1CC1. The lowest BCUT2D eigenvalue weighted by molar-refractivity contribution is -0.134. The van der Waals surface area contributed by atoms with Crippen molar-refractivity contribution >= 4 is 28.7 Å². The Hall–Kier alpha value is -3.44. The van der Waals surface area contributed by atoms with E-state index in [1.165, 1.54) is 5.56 Å². The van der Waals surface area contributed by atoms with Gasteiger partial charge in [0, 0.05) is 32.6 Å². The molecule has 1 saturated carbocycles. The van der Waals surface area contributed by atoms with Crippen LogP contribution in [-0.4, -0.2) is 74.5 Å². The summed E-state index contributed by atoms with van der Waals surface area (Å²) in [5, 5.41) is 20.2. The highest BCUT2D eigenvalue weighted by Crippen LogP contribution is 2.26. The number of imidazole rings is 1. The van der Waals surface area contributed by atoms with E-state index in [0.29, 0.717) is 23.2 Å².